The van der Waals surface area contributed by atoms with E-state index in [2.05, 4.69) is 35.8 Å². The van der Waals surface area contributed by atoms with Crippen molar-refractivity contribution in [3.63, 3.8) is 0 Å². The maximum Gasteiger partial charge on any atom is 0.284 e. The normalized spacial score (nSPS) is 16.0. The number of benzene rings is 2. The smallest absolute Gasteiger partial charge is 0.284 e. The van der Waals surface area contributed by atoms with E-state index in [1.807, 2.05) is 37.1 Å². The number of amides is 1. The van der Waals surface area contributed by atoms with Crippen molar-refractivity contribution >= 4 is 39.6 Å². The molecule has 1 atom stereocenters. The Morgan fingerprint density at radius 1 is 1.10 bits per heavy atom. The summed E-state index contributed by atoms with van der Waals surface area (Å²) in [5.74, 6) is 0.00277. The van der Waals surface area contributed by atoms with Crippen molar-refractivity contribution in [1.82, 2.24) is 34.4 Å². The molecule has 1 amide bonds. The molecule has 0 saturated carbocycles. The van der Waals surface area contributed by atoms with Gasteiger partial charge in [0, 0.05) is 28.9 Å². The highest BCUT2D eigenvalue weighted by molar-refractivity contribution is 6.04. The number of carbonyl (C=O) groups excluding carboxylic acids is 1. The SMILES string of the molecule is Cc1cc(Nc2ncnc3ccc(NC(=O)C(F)=CC4CCCN4C)cc23)ccc1Oc1cc2nncn2cn1. The van der Waals surface area contributed by atoms with Crippen molar-refractivity contribution in [2.45, 2.75) is 25.8 Å². The highest BCUT2D eigenvalue weighted by atomic mass is 19.1. The molecule has 12 heteroatoms. The number of likely N-dealkylation sites (tertiary alicyclic amines) is 1. The standard InChI is InChI=1S/C28H26FN9O2/c1-17-10-18(6-8-24(17)40-26-13-25-36-33-16-38(25)15-32-26)34-27-21-11-19(5-7-23(21)30-14-31-27)35-28(39)22(29)12-20-4-3-9-37(20)2/h5-8,10-16,20H,3-4,9H2,1-2H3,(H,35,39)(H,30,31,34). The number of anilines is 3. The lowest BCUT2D eigenvalue weighted by molar-refractivity contribution is -0.114. The number of rotatable bonds is 7. The molecular formula is C28H26FN9O2. The average molecular weight is 540 g/mol. The molecule has 6 rings (SSSR count). The number of aryl methyl sites for hydroxylation is 1. The van der Waals surface area contributed by atoms with E-state index in [0.29, 0.717) is 39.7 Å². The summed E-state index contributed by atoms with van der Waals surface area (Å²) < 4.78 is 22.3. The summed E-state index contributed by atoms with van der Waals surface area (Å²) in [6.07, 6.45) is 7.82. The third-order valence-electron chi connectivity index (χ3n) is 6.84. The van der Waals surface area contributed by atoms with Crippen LogP contribution in [-0.2, 0) is 4.79 Å². The van der Waals surface area contributed by atoms with Gasteiger partial charge in [0.25, 0.3) is 5.91 Å². The van der Waals surface area contributed by atoms with E-state index >= 15 is 0 Å². The van der Waals surface area contributed by atoms with E-state index in [-0.39, 0.29) is 6.04 Å². The molecule has 3 aromatic heterocycles. The highest BCUT2D eigenvalue weighted by Gasteiger charge is 2.21. The minimum absolute atomic E-state index is 0.0689. The first-order chi connectivity index (χ1) is 19.4. The van der Waals surface area contributed by atoms with E-state index < -0.39 is 11.7 Å². The number of carbonyl (C=O) groups is 1. The predicted octanol–water partition coefficient (Wildman–Crippen LogP) is 4.80. The molecule has 11 nitrogen and oxygen atoms in total. The number of likely N-dealkylation sites (N-methyl/N-ethyl adjacent to an activating group) is 1. The van der Waals surface area contributed by atoms with Gasteiger partial charge in [0.2, 0.25) is 5.88 Å². The van der Waals surface area contributed by atoms with Gasteiger partial charge in [0.15, 0.2) is 11.5 Å². The lowest BCUT2D eigenvalue weighted by Crippen LogP contribution is -2.24. The first kappa shape index (κ1) is 25.3. The van der Waals surface area contributed by atoms with Gasteiger partial charge in [-0.2, -0.15) is 0 Å². The minimum Gasteiger partial charge on any atom is -0.439 e. The van der Waals surface area contributed by atoms with Gasteiger partial charge in [-0.15, -0.1) is 10.2 Å². The fourth-order valence-corrected chi connectivity index (χ4v) is 4.67. The Morgan fingerprint density at radius 3 is 2.80 bits per heavy atom. The average Bonchev–Trinajstić information content (AvgIpc) is 3.58. The largest absolute Gasteiger partial charge is 0.439 e. The first-order valence-electron chi connectivity index (χ1n) is 12.8. The zero-order valence-corrected chi connectivity index (χ0v) is 21.9. The lowest BCUT2D eigenvalue weighted by Gasteiger charge is -2.15. The Hall–Kier alpha value is -4.97. The summed E-state index contributed by atoms with van der Waals surface area (Å²) in [6.45, 7) is 2.82. The van der Waals surface area contributed by atoms with Crippen molar-refractivity contribution in [1.29, 1.82) is 0 Å². The maximum atomic E-state index is 14.6. The molecule has 1 unspecified atom stereocenters. The second-order valence-electron chi connectivity index (χ2n) is 9.64. The van der Waals surface area contributed by atoms with Crippen LogP contribution >= 0.6 is 0 Å². The monoisotopic (exact) mass is 539 g/mol. The number of nitrogens with one attached hydrogen (secondary N) is 2. The van der Waals surface area contributed by atoms with Gasteiger partial charge in [0.1, 0.15) is 30.5 Å². The molecule has 0 bridgehead atoms. The Morgan fingerprint density at radius 2 is 1.98 bits per heavy atom. The molecule has 0 aliphatic carbocycles. The molecule has 5 aromatic rings. The van der Waals surface area contributed by atoms with Crippen LogP contribution in [0.1, 0.15) is 18.4 Å². The molecule has 1 aliphatic heterocycles. The molecule has 1 saturated heterocycles. The van der Waals surface area contributed by atoms with E-state index in [0.717, 1.165) is 30.6 Å². The summed E-state index contributed by atoms with van der Waals surface area (Å²) in [5, 5.41) is 14.5. The summed E-state index contributed by atoms with van der Waals surface area (Å²) in [6, 6.07) is 12.4. The van der Waals surface area contributed by atoms with E-state index in [1.165, 1.54) is 12.4 Å². The van der Waals surface area contributed by atoms with Crippen molar-refractivity contribution in [3.05, 3.63) is 78.9 Å². The van der Waals surface area contributed by atoms with Crippen LogP contribution in [-0.4, -0.2) is 60.0 Å². The number of aromatic nitrogens is 6. The van der Waals surface area contributed by atoms with Crippen molar-refractivity contribution in [2.75, 3.05) is 24.2 Å². The van der Waals surface area contributed by atoms with Crippen LogP contribution in [0.4, 0.5) is 21.6 Å². The molecule has 40 heavy (non-hydrogen) atoms. The van der Waals surface area contributed by atoms with Crippen LogP contribution in [0.3, 0.4) is 0 Å². The van der Waals surface area contributed by atoms with Crippen molar-refractivity contribution in [3.8, 4) is 11.6 Å². The van der Waals surface area contributed by atoms with Gasteiger partial charge < -0.3 is 15.4 Å². The molecule has 202 valence electrons. The van der Waals surface area contributed by atoms with Gasteiger partial charge in [-0.05, 0) is 81.4 Å². The van der Waals surface area contributed by atoms with Gasteiger partial charge in [-0.25, -0.2) is 19.3 Å². The quantitative estimate of drug-likeness (QED) is 0.281. The van der Waals surface area contributed by atoms with Crippen LogP contribution in [0, 0.1) is 6.92 Å². The van der Waals surface area contributed by atoms with Gasteiger partial charge in [0.05, 0.1) is 5.52 Å². The minimum atomic E-state index is -0.795. The summed E-state index contributed by atoms with van der Waals surface area (Å²) in [7, 11) is 1.93. The number of hydrogen-bond donors (Lipinski definition) is 2. The molecule has 4 heterocycles. The molecule has 2 aromatic carbocycles. The number of halogens is 1. The predicted molar refractivity (Wildman–Crippen MR) is 148 cm³/mol. The van der Waals surface area contributed by atoms with Crippen LogP contribution < -0.4 is 15.4 Å². The van der Waals surface area contributed by atoms with E-state index in [9.17, 15) is 9.18 Å². The molecule has 1 fully saturated rings. The summed E-state index contributed by atoms with van der Waals surface area (Å²) >= 11 is 0. The summed E-state index contributed by atoms with van der Waals surface area (Å²) in [4.78, 5) is 27.6. The van der Waals surface area contributed by atoms with Crippen LogP contribution in [0.15, 0.2) is 73.3 Å². The first-order valence-corrected chi connectivity index (χ1v) is 12.8. The fraction of sp³-hybridized carbons (Fsp3) is 0.214. The maximum absolute atomic E-state index is 14.6. The Balaban J connectivity index is 1.19. The Kier molecular flexibility index (Phi) is 6.74. The van der Waals surface area contributed by atoms with Gasteiger partial charge >= 0.3 is 0 Å². The number of hydrogen-bond acceptors (Lipinski definition) is 9. The lowest BCUT2D eigenvalue weighted by atomic mass is 10.1. The van der Waals surface area contributed by atoms with Crippen LogP contribution in [0.2, 0.25) is 0 Å². The van der Waals surface area contributed by atoms with Crippen molar-refractivity contribution < 1.29 is 13.9 Å². The molecule has 1 aliphatic rings. The third-order valence-corrected chi connectivity index (χ3v) is 6.84. The van der Waals surface area contributed by atoms with E-state index in [4.69, 9.17) is 4.74 Å². The molecule has 0 spiro atoms. The zero-order chi connectivity index (χ0) is 27.6. The topological polar surface area (TPSA) is 122 Å². The zero-order valence-electron chi connectivity index (χ0n) is 21.9. The summed E-state index contributed by atoms with van der Waals surface area (Å²) in [5.41, 5.74) is 3.39. The molecule has 2 N–H and O–H groups in total. The highest BCUT2D eigenvalue weighted by Crippen LogP contribution is 2.30. The number of ether oxygens (including phenoxy) is 1. The van der Waals surface area contributed by atoms with Crippen LogP contribution in [0.25, 0.3) is 16.6 Å². The second-order valence-corrected chi connectivity index (χ2v) is 9.64. The Bertz CT molecular complexity index is 1750. The number of fused-ring (bicyclic) bond motifs is 2. The fourth-order valence-electron chi connectivity index (χ4n) is 4.67. The Labute approximate surface area is 228 Å². The second kappa shape index (κ2) is 10.7. The molecular weight excluding hydrogens is 513 g/mol. The van der Waals surface area contributed by atoms with Crippen LogP contribution in [0.5, 0.6) is 11.6 Å². The number of nitrogens with zero attached hydrogens (tertiary/aromatic N) is 7. The third kappa shape index (κ3) is 5.29. The van der Waals surface area contributed by atoms with Gasteiger partial charge in [-0.1, -0.05) is 0 Å². The van der Waals surface area contributed by atoms with Crippen molar-refractivity contribution in [2.24, 2.45) is 0 Å². The van der Waals surface area contributed by atoms with Gasteiger partial charge in [-0.3, -0.25) is 14.1 Å². The van der Waals surface area contributed by atoms with E-state index in [1.54, 1.807) is 41.3 Å². The molecule has 0 radical (unpaired) electrons.